The van der Waals surface area contributed by atoms with Gasteiger partial charge in [0, 0.05) is 6.54 Å². The van der Waals surface area contributed by atoms with Gasteiger partial charge in [-0.25, -0.2) is 0 Å². The Balaban J connectivity index is 2.65. The van der Waals surface area contributed by atoms with Crippen molar-refractivity contribution >= 4 is 5.97 Å². The summed E-state index contributed by atoms with van der Waals surface area (Å²) in [5.74, 6) is 0.615. The third kappa shape index (κ3) is 5.21. The van der Waals surface area contributed by atoms with Gasteiger partial charge in [0.1, 0.15) is 17.4 Å². The van der Waals surface area contributed by atoms with Crippen LogP contribution in [0, 0.1) is 0 Å². The molecule has 0 saturated heterocycles. The molecule has 0 fully saturated rings. The first-order valence-electron chi connectivity index (χ1n) is 6.79. The van der Waals surface area contributed by atoms with Crippen LogP contribution in [0.2, 0.25) is 0 Å². The number of likely N-dealkylation sites (N-methyl/N-ethyl adjacent to an activating group) is 1. The molecule has 0 aliphatic rings. The van der Waals surface area contributed by atoms with Crippen LogP contribution in [0.3, 0.4) is 0 Å². The first-order chi connectivity index (χ1) is 9.23. The molecule has 1 rings (SSSR count). The predicted octanol–water partition coefficient (Wildman–Crippen LogP) is 2.86. The fourth-order valence-electron chi connectivity index (χ4n) is 1.76. The van der Waals surface area contributed by atoms with E-state index in [1.54, 1.807) is 7.11 Å². The largest absolute Gasteiger partial charge is 0.497 e. The monoisotopic (exact) mass is 279 g/mol. The Hall–Kier alpha value is -1.55. The van der Waals surface area contributed by atoms with E-state index in [4.69, 9.17) is 9.47 Å². The van der Waals surface area contributed by atoms with Crippen molar-refractivity contribution in [3.63, 3.8) is 0 Å². The molecule has 20 heavy (non-hydrogen) atoms. The summed E-state index contributed by atoms with van der Waals surface area (Å²) in [6.07, 6.45) is 0. The van der Waals surface area contributed by atoms with Gasteiger partial charge in [0.05, 0.1) is 7.11 Å². The van der Waals surface area contributed by atoms with E-state index in [9.17, 15) is 4.79 Å². The molecule has 1 unspecified atom stereocenters. The molecule has 0 aliphatic carbocycles. The van der Waals surface area contributed by atoms with E-state index in [1.165, 1.54) is 0 Å². The van der Waals surface area contributed by atoms with Crippen molar-refractivity contribution in [2.75, 3.05) is 14.2 Å². The molecule has 4 heteroatoms. The quantitative estimate of drug-likeness (QED) is 0.777. The molecular weight excluding hydrogens is 254 g/mol. The van der Waals surface area contributed by atoms with Crippen molar-refractivity contribution in [1.82, 2.24) is 4.90 Å². The minimum absolute atomic E-state index is 0.206. The highest BCUT2D eigenvalue weighted by atomic mass is 16.6. The van der Waals surface area contributed by atoms with Crippen LogP contribution in [0.15, 0.2) is 24.3 Å². The molecule has 1 aromatic rings. The summed E-state index contributed by atoms with van der Waals surface area (Å²) < 4.78 is 10.6. The zero-order valence-electron chi connectivity index (χ0n) is 13.3. The molecule has 1 atom stereocenters. The van der Waals surface area contributed by atoms with Crippen LogP contribution < -0.4 is 4.74 Å². The Kier molecular flexibility index (Phi) is 5.57. The van der Waals surface area contributed by atoms with E-state index in [0.29, 0.717) is 6.54 Å². The Morgan fingerprint density at radius 1 is 1.35 bits per heavy atom. The molecule has 112 valence electrons. The smallest absolute Gasteiger partial charge is 0.323 e. The van der Waals surface area contributed by atoms with Gasteiger partial charge in [-0.1, -0.05) is 12.1 Å². The normalized spacial score (nSPS) is 13.2. The highest BCUT2D eigenvalue weighted by molar-refractivity contribution is 5.75. The third-order valence-corrected chi connectivity index (χ3v) is 2.98. The fraction of sp³-hybridized carbons (Fsp3) is 0.562. The molecule has 0 aliphatic heterocycles. The molecule has 0 aromatic heterocycles. The zero-order chi connectivity index (χ0) is 15.3. The zero-order valence-corrected chi connectivity index (χ0v) is 13.3. The summed E-state index contributed by atoms with van der Waals surface area (Å²) in [6.45, 7) is 8.14. The van der Waals surface area contributed by atoms with Crippen LogP contribution in [-0.2, 0) is 16.1 Å². The van der Waals surface area contributed by atoms with Gasteiger partial charge < -0.3 is 9.47 Å². The second kappa shape index (κ2) is 6.75. The number of methoxy groups -OCH3 is 1. The highest BCUT2D eigenvalue weighted by Crippen LogP contribution is 2.16. The molecule has 0 bridgehead atoms. The van der Waals surface area contributed by atoms with E-state index in [0.717, 1.165) is 11.3 Å². The highest BCUT2D eigenvalue weighted by Gasteiger charge is 2.24. The topological polar surface area (TPSA) is 38.8 Å². The van der Waals surface area contributed by atoms with Gasteiger partial charge in [0.25, 0.3) is 0 Å². The lowest BCUT2D eigenvalue weighted by Crippen LogP contribution is -2.40. The first-order valence-corrected chi connectivity index (χ1v) is 6.79. The van der Waals surface area contributed by atoms with E-state index in [2.05, 4.69) is 0 Å². The second-order valence-electron chi connectivity index (χ2n) is 5.98. The van der Waals surface area contributed by atoms with Crippen LogP contribution in [0.4, 0.5) is 0 Å². The molecule has 0 saturated carbocycles. The number of carbonyl (C=O) groups excluding carboxylic acids is 1. The Bertz CT molecular complexity index is 451. The summed E-state index contributed by atoms with van der Waals surface area (Å²) in [7, 11) is 3.56. The van der Waals surface area contributed by atoms with Crippen LogP contribution in [0.25, 0.3) is 0 Å². The first kappa shape index (κ1) is 16.5. The number of ether oxygens (including phenoxy) is 2. The number of nitrogens with zero attached hydrogens (tertiary/aromatic N) is 1. The lowest BCUT2D eigenvalue weighted by Gasteiger charge is -2.27. The van der Waals surface area contributed by atoms with Crippen molar-refractivity contribution < 1.29 is 14.3 Å². The van der Waals surface area contributed by atoms with Crippen LogP contribution in [0.1, 0.15) is 33.3 Å². The molecule has 0 heterocycles. The van der Waals surface area contributed by atoms with E-state index in [-0.39, 0.29) is 12.0 Å². The number of hydrogen-bond acceptors (Lipinski definition) is 4. The molecule has 0 spiro atoms. The third-order valence-electron chi connectivity index (χ3n) is 2.98. The maximum Gasteiger partial charge on any atom is 0.323 e. The molecular formula is C16H25NO3. The summed E-state index contributed by atoms with van der Waals surface area (Å²) in [5, 5.41) is 0. The van der Waals surface area contributed by atoms with Gasteiger partial charge in [0.2, 0.25) is 0 Å². The summed E-state index contributed by atoms with van der Waals surface area (Å²) in [5.41, 5.74) is 0.643. The minimum atomic E-state index is -0.456. The lowest BCUT2D eigenvalue weighted by molar-refractivity contribution is -0.160. The van der Waals surface area contributed by atoms with Gasteiger partial charge in [-0.05, 0) is 52.4 Å². The Labute approximate surface area is 121 Å². The second-order valence-corrected chi connectivity index (χ2v) is 5.98. The summed E-state index contributed by atoms with van der Waals surface area (Å²) in [6, 6.07) is 7.54. The Morgan fingerprint density at radius 2 is 2.00 bits per heavy atom. The van der Waals surface area contributed by atoms with Crippen LogP contribution in [-0.4, -0.2) is 36.7 Å². The molecule has 0 N–H and O–H groups in total. The van der Waals surface area contributed by atoms with E-state index >= 15 is 0 Å². The van der Waals surface area contributed by atoms with Crippen LogP contribution >= 0.6 is 0 Å². The predicted molar refractivity (Wildman–Crippen MR) is 79.8 cm³/mol. The van der Waals surface area contributed by atoms with Crippen molar-refractivity contribution in [2.24, 2.45) is 0 Å². The average molecular weight is 279 g/mol. The minimum Gasteiger partial charge on any atom is -0.497 e. The van der Waals surface area contributed by atoms with E-state index in [1.807, 2.05) is 63.9 Å². The van der Waals surface area contributed by atoms with Gasteiger partial charge in [-0.3, -0.25) is 9.69 Å². The Morgan fingerprint density at radius 3 is 2.55 bits per heavy atom. The maximum absolute atomic E-state index is 12.0. The molecule has 1 aromatic carbocycles. The SMILES string of the molecule is COc1cccc(CN(C)C(C)C(=O)OC(C)(C)C)c1. The van der Waals surface area contributed by atoms with Crippen molar-refractivity contribution in [3.05, 3.63) is 29.8 Å². The molecule has 4 nitrogen and oxygen atoms in total. The number of rotatable bonds is 5. The molecule has 0 radical (unpaired) electrons. The van der Waals surface area contributed by atoms with Gasteiger partial charge in [-0.15, -0.1) is 0 Å². The van der Waals surface area contributed by atoms with Crippen molar-refractivity contribution in [3.8, 4) is 5.75 Å². The lowest BCUT2D eigenvalue weighted by atomic mass is 10.1. The van der Waals surface area contributed by atoms with Gasteiger partial charge >= 0.3 is 5.97 Å². The average Bonchev–Trinajstić information content (AvgIpc) is 2.36. The number of benzene rings is 1. The van der Waals surface area contributed by atoms with Gasteiger partial charge in [0.15, 0.2) is 0 Å². The maximum atomic E-state index is 12.0. The molecule has 0 amide bonds. The fourth-order valence-corrected chi connectivity index (χ4v) is 1.76. The number of hydrogen-bond donors (Lipinski definition) is 0. The summed E-state index contributed by atoms with van der Waals surface area (Å²) >= 11 is 0. The number of carbonyl (C=O) groups is 1. The van der Waals surface area contributed by atoms with Gasteiger partial charge in [-0.2, -0.15) is 0 Å². The van der Waals surface area contributed by atoms with Crippen molar-refractivity contribution in [1.29, 1.82) is 0 Å². The van der Waals surface area contributed by atoms with Crippen LogP contribution in [0.5, 0.6) is 5.75 Å². The number of esters is 1. The van der Waals surface area contributed by atoms with E-state index < -0.39 is 5.60 Å². The van der Waals surface area contributed by atoms with Crippen molar-refractivity contribution in [2.45, 2.75) is 45.9 Å². The summed E-state index contributed by atoms with van der Waals surface area (Å²) in [4.78, 5) is 14.0. The standard InChI is InChI=1S/C16H25NO3/c1-12(15(18)20-16(2,3)4)17(5)11-13-8-7-9-14(10-13)19-6/h7-10,12H,11H2,1-6H3.